The van der Waals surface area contributed by atoms with Gasteiger partial charge in [0.15, 0.2) is 0 Å². The molecule has 0 aliphatic rings. The summed E-state index contributed by atoms with van der Waals surface area (Å²) in [5.41, 5.74) is 1.59. The first-order valence-corrected chi connectivity index (χ1v) is 7.57. The molecule has 5 nitrogen and oxygen atoms in total. The van der Waals surface area contributed by atoms with Gasteiger partial charge in [0.25, 0.3) is 5.91 Å². The number of carboxylic acids is 1. The molecule has 22 heavy (non-hydrogen) atoms. The molecule has 0 atom stereocenters. The van der Waals surface area contributed by atoms with Gasteiger partial charge in [0, 0.05) is 17.0 Å². The second kappa shape index (κ2) is 7.09. The fourth-order valence-electron chi connectivity index (χ4n) is 1.99. The second-order valence-corrected chi connectivity index (χ2v) is 6.06. The van der Waals surface area contributed by atoms with Crippen molar-refractivity contribution in [2.75, 3.05) is 12.4 Å². The minimum atomic E-state index is -0.822. The topological polar surface area (TPSA) is 75.6 Å². The van der Waals surface area contributed by atoms with Crippen LogP contribution in [0.5, 0.6) is 5.75 Å². The first-order chi connectivity index (χ1) is 10.5. The minimum absolute atomic E-state index is 0.0946. The standard InChI is InChI=1S/C16H17NO4S/c1-10-9-13(21-2)15(22-10)16(20)17-12-6-3-11(4-7-12)5-8-14(18)19/h3-4,6-7,9H,5,8H2,1-2H3,(H,17,20)(H,18,19). The third-order valence-corrected chi connectivity index (χ3v) is 4.12. The summed E-state index contributed by atoms with van der Waals surface area (Å²) in [6.45, 7) is 1.92. The highest BCUT2D eigenvalue weighted by Gasteiger charge is 2.15. The second-order valence-electron chi connectivity index (χ2n) is 4.80. The average Bonchev–Trinajstić information content (AvgIpc) is 2.87. The van der Waals surface area contributed by atoms with Gasteiger partial charge in [-0.15, -0.1) is 11.3 Å². The molecule has 0 unspecified atom stereocenters. The number of hydrogen-bond donors (Lipinski definition) is 2. The quantitative estimate of drug-likeness (QED) is 0.856. The summed E-state index contributed by atoms with van der Waals surface area (Å²) in [6, 6.07) is 8.99. The first kappa shape index (κ1) is 16.0. The van der Waals surface area contributed by atoms with Gasteiger partial charge in [-0.3, -0.25) is 9.59 Å². The van der Waals surface area contributed by atoms with Gasteiger partial charge in [0.1, 0.15) is 10.6 Å². The van der Waals surface area contributed by atoms with E-state index in [0.29, 0.717) is 22.7 Å². The Morgan fingerprint density at radius 3 is 2.55 bits per heavy atom. The van der Waals surface area contributed by atoms with Crippen molar-refractivity contribution in [2.45, 2.75) is 19.8 Å². The summed E-state index contributed by atoms with van der Waals surface area (Å²) in [4.78, 5) is 24.3. The molecule has 1 heterocycles. The van der Waals surface area contributed by atoms with E-state index in [1.54, 1.807) is 12.1 Å². The molecule has 0 saturated heterocycles. The van der Waals surface area contributed by atoms with Crippen LogP contribution < -0.4 is 10.1 Å². The molecule has 0 spiro atoms. The number of methoxy groups -OCH3 is 1. The number of carboxylic acid groups (broad SMARTS) is 1. The summed E-state index contributed by atoms with van der Waals surface area (Å²) in [5, 5.41) is 11.5. The van der Waals surface area contributed by atoms with E-state index >= 15 is 0 Å². The molecule has 0 saturated carbocycles. The highest BCUT2D eigenvalue weighted by atomic mass is 32.1. The Bertz CT molecular complexity index is 676. The number of aliphatic carboxylic acids is 1. The molecule has 0 radical (unpaired) electrons. The van der Waals surface area contributed by atoms with Crippen LogP contribution in [0.25, 0.3) is 0 Å². The van der Waals surface area contributed by atoms with E-state index in [4.69, 9.17) is 9.84 Å². The summed E-state index contributed by atoms with van der Waals surface area (Å²) >= 11 is 1.38. The Balaban J connectivity index is 2.03. The van der Waals surface area contributed by atoms with Gasteiger partial charge in [-0.1, -0.05) is 12.1 Å². The lowest BCUT2D eigenvalue weighted by atomic mass is 10.1. The monoisotopic (exact) mass is 319 g/mol. The molecule has 2 aromatic rings. The number of thiophene rings is 1. The number of nitrogens with one attached hydrogen (secondary N) is 1. The van der Waals surface area contributed by atoms with Crippen molar-refractivity contribution in [3.8, 4) is 5.75 Å². The molecule has 2 rings (SSSR count). The first-order valence-electron chi connectivity index (χ1n) is 6.76. The predicted molar refractivity (Wildman–Crippen MR) is 86.0 cm³/mol. The van der Waals surface area contributed by atoms with E-state index in [1.165, 1.54) is 18.4 Å². The van der Waals surface area contributed by atoms with Gasteiger partial charge in [-0.05, 0) is 37.1 Å². The van der Waals surface area contributed by atoms with Crippen molar-refractivity contribution in [1.82, 2.24) is 0 Å². The third-order valence-electron chi connectivity index (χ3n) is 3.09. The Kier molecular flexibility index (Phi) is 5.16. The molecule has 0 bridgehead atoms. The van der Waals surface area contributed by atoms with Crippen LogP contribution in [0.15, 0.2) is 30.3 Å². The van der Waals surface area contributed by atoms with E-state index in [9.17, 15) is 9.59 Å². The lowest BCUT2D eigenvalue weighted by Crippen LogP contribution is -2.11. The molecule has 0 aliphatic carbocycles. The summed E-state index contributed by atoms with van der Waals surface area (Å²) < 4.78 is 5.19. The number of hydrogen-bond acceptors (Lipinski definition) is 4. The summed E-state index contributed by atoms with van der Waals surface area (Å²) in [6.07, 6.45) is 0.568. The Labute approximate surface area is 132 Å². The maximum absolute atomic E-state index is 12.2. The lowest BCUT2D eigenvalue weighted by Gasteiger charge is -2.06. The van der Waals surface area contributed by atoms with Crippen LogP contribution in [0.2, 0.25) is 0 Å². The van der Waals surface area contributed by atoms with Crippen molar-refractivity contribution in [1.29, 1.82) is 0 Å². The minimum Gasteiger partial charge on any atom is -0.495 e. The Morgan fingerprint density at radius 1 is 1.27 bits per heavy atom. The molecule has 6 heteroatoms. The number of amides is 1. The van der Waals surface area contributed by atoms with Gasteiger partial charge in [0.05, 0.1) is 7.11 Å². The van der Waals surface area contributed by atoms with E-state index in [1.807, 2.05) is 25.1 Å². The molecule has 0 fully saturated rings. The largest absolute Gasteiger partial charge is 0.495 e. The number of benzene rings is 1. The van der Waals surface area contributed by atoms with Crippen LogP contribution in [0.3, 0.4) is 0 Å². The van der Waals surface area contributed by atoms with Crippen molar-refractivity contribution in [2.24, 2.45) is 0 Å². The van der Waals surface area contributed by atoms with E-state index in [2.05, 4.69) is 5.32 Å². The summed E-state index contributed by atoms with van der Waals surface area (Å²) in [5.74, 6) is -0.469. The summed E-state index contributed by atoms with van der Waals surface area (Å²) in [7, 11) is 1.54. The van der Waals surface area contributed by atoms with Crippen molar-refractivity contribution in [3.63, 3.8) is 0 Å². The lowest BCUT2D eigenvalue weighted by molar-refractivity contribution is -0.136. The molecule has 116 valence electrons. The molecule has 1 aromatic heterocycles. The van der Waals surface area contributed by atoms with Gasteiger partial charge in [0.2, 0.25) is 0 Å². The molecular weight excluding hydrogens is 302 g/mol. The normalized spacial score (nSPS) is 10.3. The Morgan fingerprint density at radius 2 is 1.95 bits per heavy atom. The number of anilines is 1. The van der Waals surface area contributed by atoms with E-state index < -0.39 is 5.97 Å². The van der Waals surface area contributed by atoms with Gasteiger partial charge in [-0.25, -0.2) is 0 Å². The maximum atomic E-state index is 12.2. The van der Waals surface area contributed by atoms with E-state index in [-0.39, 0.29) is 12.3 Å². The number of rotatable bonds is 6. The van der Waals surface area contributed by atoms with Crippen LogP contribution in [-0.2, 0) is 11.2 Å². The fraction of sp³-hybridized carbons (Fsp3) is 0.250. The zero-order valence-corrected chi connectivity index (χ0v) is 13.2. The maximum Gasteiger partial charge on any atom is 0.303 e. The number of aryl methyl sites for hydroxylation is 2. The van der Waals surface area contributed by atoms with E-state index in [0.717, 1.165) is 10.4 Å². The smallest absolute Gasteiger partial charge is 0.303 e. The van der Waals surface area contributed by atoms with Crippen LogP contribution in [0.1, 0.15) is 26.5 Å². The molecule has 1 aromatic carbocycles. The molecule has 1 amide bonds. The van der Waals surface area contributed by atoms with Gasteiger partial charge < -0.3 is 15.2 Å². The highest BCUT2D eigenvalue weighted by molar-refractivity contribution is 7.14. The van der Waals surface area contributed by atoms with Crippen LogP contribution in [-0.4, -0.2) is 24.1 Å². The number of ether oxygens (including phenoxy) is 1. The zero-order valence-electron chi connectivity index (χ0n) is 12.4. The zero-order chi connectivity index (χ0) is 16.1. The number of carbonyl (C=O) groups excluding carboxylic acids is 1. The van der Waals surface area contributed by atoms with Gasteiger partial charge >= 0.3 is 5.97 Å². The highest BCUT2D eigenvalue weighted by Crippen LogP contribution is 2.29. The molecular formula is C16H17NO4S. The van der Waals surface area contributed by atoms with Gasteiger partial charge in [-0.2, -0.15) is 0 Å². The van der Waals surface area contributed by atoms with Crippen molar-refractivity contribution < 1.29 is 19.4 Å². The third kappa shape index (κ3) is 4.08. The average molecular weight is 319 g/mol. The number of carbonyl (C=O) groups is 2. The van der Waals surface area contributed by atoms with Crippen LogP contribution in [0, 0.1) is 6.92 Å². The SMILES string of the molecule is COc1cc(C)sc1C(=O)Nc1ccc(CCC(=O)O)cc1. The van der Waals surface area contributed by atoms with Crippen molar-refractivity contribution >= 4 is 28.9 Å². The van der Waals surface area contributed by atoms with Crippen LogP contribution in [0.4, 0.5) is 5.69 Å². The molecule has 2 N–H and O–H groups in total. The Hall–Kier alpha value is -2.34. The van der Waals surface area contributed by atoms with Crippen molar-refractivity contribution in [3.05, 3.63) is 45.6 Å². The van der Waals surface area contributed by atoms with Crippen LogP contribution >= 0.6 is 11.3 Å². The predicted octanol–water partition coefficient (Wildman–Crippen LogP) is 3.33. The molecule has 0 aliphatic heterocycles. The fourth-order valence-corrected chi connectivity index (χ4v) is 2.87.